The quantitative estimate of drug-likeness (QED) is 0.773. The summed E-state index contributed by atoms with van der Waals surface area (Å²) in [4.78, 5) is 14.6. The normalized spacial score (nSPS) is 20.7. The maximum Gasteiger partial charge on any atom is 0.247 e. The Balaban J connectivity index is 1.97. The van der Waals surface area contributed by atoms with Crippen molar-refractivity contribution < 1.29 is 4.79 Å². The lowest BCUT2D eigenvalue weighted by molar-refractivity contribution is -0.128. The third-order valence-corrected chi connectivity index (χ3v) is 4.44. The molecule has 2 aliphatic rings. The molecule has 1 aromatic carbocycles. The molecule has 98 valence electrons. The molecule has 1 fully saturated rings. The molecule has 0 spiro atoms. The monoisotopic (exact) mass is 254 g/mol. The van der Waals surface area contributed by atoms with E-state index in [4.69, 9.17) is 0 Å². The number of hydrogen-bond acceptors (Lipinski definition) is 2. The number of carbonyl (C=O) groups is 1. The van der Waals surface area contributed by atoms with Gasteiger partial charge in [-0.15, -0.1) is 0 Å². The van der Waals surface area contributed by atoms with Crippen LogP contribution in [0.25, 0.3) is 0 Å². The largest absolute Gasteiger partial charge is 0.311 e. The number of benzene rings is 1. The molecule has 0 aromatic heterocycles. The van der Waals surface area contributed by atoms with Crippen LogP contribution >= 0.6 is 0 Å². The Bertz CT molecular complexity index is 540. The highest BCUT2D eigenvalue weighted by Crippen LogP contribution is 2.43. The van der Waals surface area contributed by atoms with E-state index in [-0.39, 0.29) is 5.91 Å². The highest BCUT2D eigenvalue weighted by molar-refractivity contribution is 6.00. The molecule has 0 saturated heterocycles. The fourth-order valence-electron chi connectivity index (χ4n) is 3.06. The molecule has 1 heterocycles. The van der Waals surface area contributed by atoms with Crippen molar-refractivity contribution in [1.29, 1.82) is 5.26 Å². The first-order valence-electron chi connectivity index (χ1n) is 7.08. The van der Waals surface area contributed by atoms with Crippen LogP contribution in [-0.2, 0) is 11.2 Å². The maximum atomic E-state index is 12.8. The van der Waals surface area contributed by atoms with Gasteiger partial charge < -0.3 is 4.90 Å². The molecule has 1 aliphatic heterocycles. The number of carbonyl (C=O) groups excluding carboxylic acids is 1. The standard InChI is InChI=1S/C16H18N2O/c17-12-16(9-5-10-16)15(19)18-11-4-3-7-13-6-1-2-8-14(13)18/h1-2,6,8H,3-5,7,9-11H2. The number of rotatable bonds is 1. The number of aryl methyl sites for hydroxylation is 1. The van der Waals surface area contributed by atoms with Gasteiger partial charge >= 0.3 is 0 Å². The fraction of sp³-hybridized carbons (Fsp3) is 0.500. The minimum Gasteiger partial charge on any atom is -0.311 e. The number of amides is 1. The van der Waals surface area contributed by atoms with Crippen LogP contribution in [-0.4, -0.2) is 12.5 Å². The number of nitriles is 1. The maximum absolute atomic E-state index is 12.8. The summed E-state index contributed by atoms with van der Waals surface area (Å²) >= 11 is 0. The molecule has 1 amide bonds. The van der Waals surface area contributed by atoms with Gasteiger partial charge in [-0.2, -0.15) is 5.26 Å². The average molecular weight is 254 g/mol. The number of hydrogen-bond donors (Lipinski definition) is 0. The fourth-order valence-corrected chi connectivity index (χ4v) is 3.06. The van der Waals surface area contributed by atoms with Gasteiger partial charge in [0.05, 0.1) is 6.07 Å². The second-order valence-electron chi connectivity index (χ2n) is 5.59. The molecule has 19 heavy (non-hydrogen) atoms. The van der Waals surface area contributed by atoms with Crippen LogP contribution in [0.4, 0.5) is 5.69 Å². The molecule has 1 saturated carbocycles. The zero-order valence-corrected chi connectivity index (χ0v) is 11.1. The van der Waals surface area contributed by atoms with Gasteiger partial charge in [0.25, 0.3) is 0 Å². The molecule has 3 nitrogen and oxygen atoms in total. The Hall–Kier alpha value is -1.82. The molecule has 3 heteroatoms. The van der Waals surface area contributed by atoms with E-state index in [1.807, 2.05) is 23.1 Å². The number of nitrogens with zero attached hydrogens (tertiary/aromatic N) is 2. The third kappa shape index (κ3) is 1.92. The Kier molecular flexibility index (Phi) is 3.02. The first-order chi connectivity index (χ1) is 9.27. The van der Waals surface area contributed by atoms with Gasteiger partial charge in [-0.05, 0) is 50.2 Å². The predicted molar refractivity (Wildman–Crippen MR) is 73.6 cm³/mol. The Morgan fingerprint density at radius 3 is 2.68 bits per heavy atom. The van der Waals surface area contributed by atoms with Crippen LogP contribution in [0, 0.1) is 16.7 Å². The predicted octanol–water partition coefficient (Wildman–Crippen LogP) is 3.05. The van der Waals surface area contributed by atoms with Crippen molar-refractivity contribution in [1.82, 2.24) is 0 Å². The lowest BCUT2D eigenvalue weighted by Crippen LogP contribution is -2.47. The lowest BCUT2D eigenvalue weighted by Gasteiger charge is -2.38. The van der Waals surface area contributed by atoms with Crippen molar-refractivity contribution in [3.63, 3.8) is 0 Å². The molecule has 0 unspecified atom stereocenters. The van der Waals surface area contributed by atoms with Crippen LogP contribution in [0.2, 0.25) is 0 Å². The average Bonchev–Trinajstić information content (AvgIpc) is 2.60. The number of para-hydroxylation sites is 1. The molecule has 3 rings (SSSR count). The second kappa shape index (κ2) is 4.70. The molecule has 0 radical (unpaired) electrons. The van der Waals surface area contributed by atoms with E-state index < -0.39 is 5.41 Å². The van der Waals surface area contributed by atoms with E-state index in [2.05, 4.69) is 12.1 Å². The van der Waals surface area contributed by atoms with Crippen LogP contribution in [0.5, 0.6) is 0 Å². The summed E-state index contributed by atoms with van der Waals surface area (Å²) in [5.41, 5.74) is 1.52. The van der Waals surface area contributed by atoms with E-state index in [0.717, 1.165) is 50.8 Å². The molecule has 0 N–H and O–H groups in total. The highest BCUT2D eigenvalue weighted by atomic mass is 16.2. The van der Waals surface area contributed by atoms with Gasteiger partial charge in [0.15, 0.2) is 0 Å². The van der Waals surface area contributed by atoms with Crippen LogP contribution in [0.3, 0.4) is 0 Å². The molecular weight excluding hydrogens is 236 g/mol. The van der Waals surface area contributed by atoms with E-state index in [1.165, 1.54) is 5.56 Å². The van der Waals surface area contributed by atoms with Crippen LogP contribution in [0.1, 0.15) is 37.7 Å². The summed E-state index contributed by atoms with van der Waals surface area (Å²) in [6.07, 6.45) is 5.60. The van der Waals surface area contributed by atoms with Gasteiger partial charge in [-0.3, -0.25) is 4.79 Å². The van der Waals surface area contributed by atoms with E-state index in [9.17, 15) is 10.1 Å². The van der Waals surface area contributed by atoms with E-state index >= 15 is 0 Å². The van der Waals surface area contributed by atoms with E-state index in [1.54, 1.807) is 0 Å². The smallest absolute Gasteiger partial charge is 0.247 e. The van der Waals surface area contributed by atoms with Crippen molar-refractivity contribution in [2.24, 2.45) is 5.41 Å². The topological polar surface area (TPSA) is 44.1 Å². The molecule has 1 aliphatic carbocycles. The highest BCUT2D eigenvalue weighted by Gasteiger charge is 2.47. The van der Waals surface area contributed by atoms with Gasteiger partial charge in [-0.25, -0.2) is 0 Å². The second-order valence-corrected chi connectivity index (χ2v) is 5.59. The van der Waals surface area contributed by atoms with Gasteiger partial charge in [0.2, 0.25) is 5.91 Å². The Morgan fingerprint density at radius 2 is 2.00 bits per heavy atom. The first-order valence-corrected chi connectivity index (χ1v) is 7.08. The van der Waals surface area contributed by atoms with Gasteiger partial charge in [0.1, 0.15) is 5.41 Å². The van der Waals surface area contributed by atoms with Gasteiger partial charge in [0, 0.05) is 12.2 Å². The van der Waals surface area contributed by atoms with Crippen LogP contribution in [0.15, 0.2) is 24.3 Å². The summed E-state index contributed by atoms with van der Waals surface area (Å²) in [6.45, 7) is 0.749. The van der Waals surface area contributed by atoms with Crippen molar-refractivity contribution in [2.75, 3.05) is 11.4 Å². The third-order valence-electron chi connectivity index (χ3n) is 4.44. The van der Waals surface area contributed by atoms with Crippen molar-refractivity contribution in [2.45, 2.75) is 38.5 Å². The number of fused-ring (bicyclic) bond motifs is 1. The Morgan fingerprint density at radius 1 is 1.21 bits per heavy atom. The summed E-state index contributed by atoms with van der Waals surface area (Å²) < 4.78 is 0. The molecule has 1 aromatic rings. The van der Waals surface area contributed by atoms with Crippen molar-refractivity contribution in [3.8, 4) is 6.07 Å². The first kappa shape index (κ1) is 12.2. The van der Waals surface area contributed by atoms with Crippen molar-refractivity contribution in [3.05, 3.63) is 29.8 Å². The summed E-state index contributed by atoms with van der Waals surface area (Å²) in [7, 11) is 0. The van der Waals surface area contributed by atoms with Gasteiger partial charge in [-0.1, -0.05) is 18.2 Å². The Labute approximate surface area is 113 Å². The molecule has 0 atom stereocenters. The molecule has 0 bridgehead atoms. The van der Waals surface area contributed by atoms with E-state index in [0.29, 0.717) is 0 Å². The SMILES string of the molecule is N#CC1(C(=O)N2CCCCc3ccccc32)CCC1. The summed E-state index contributed by atoms with van der Waals surface area (Å²) in [6, 6.07) is 10.4. The lowest BCUT2D eigenvalue weighted by atomic mass is 9.69. The van der Waals surface area contributed by atoms with Crippen LogP contribution < -0.4 is 4.90 Å². The molecular formula is C16H18N2O. The minimum absolute atomic E-state index is 0.0237. The number of anilines is 1. The minimum atomic E-state index is -0.739. The zero-order chi connectivity index (χ0) is 13.3. The summed E-state index contributed by atoms with van der Waals surface area (Å²) in [5, 5.41) is 9.36. The van der Waals surface area contributed by atoms with Crippen molar-refractivity contribution >= 4 is 11.6 Å². The summed E-state index contributed by atoms with van der Waals surface area (Å²) in [5.74, 6) is 0.0237. The zero-order valence-electron chi connectivity index (χ0n) is 11.1.